The fourth-order valence-corrected chi connectivity index (χ4v) is 2.37. The third-order valence-corrected chi connectivity index (χ3v) is 3.70. The van der Waals surface area contributed by atoms with Crippen molar-refractivity contribution in [3.8, 4) is 11.5 Å². The lowest BCUT2D eigenvalue weighted by Crippen LogP contribution is -2.43. The summed E-state index contributed by atoms with van der Waals surface area (Å²) in [7, 11) is 3.07. The van der Waals surface area contributed by atoms with Gasteiger partial charge in [-0.15, -0.1) is 0 Å². The van der Waals surface area contributed by atoms with Gasteiger partial charge in [0.05, 0.1) is 30.8 Å². The molecule has 19 heavy (non-hydrogen) atoms. The first-order valence-corrected chi connectivity index (χ1v) is 6.35. The maximum atomic E-state index is 11.0. The van der Waals surface area contributed by atoms with E-state index in [0.29, 0.717) is 28.6 Å². The third-order valence-electron chi connectivity index (χ3n) is 3.41. The zero-order valence-corrected chi connectivity index (χ0v) is 11.5. The molecular formula is C13H16ClNO4. The number of carbonyl (C=O) groups is 1. The molecule has 0 aromatic heterocycles. The highest BCUT2D eigenvalue weighted by Crippen LogP contribution is 2.39. The van der Waals surface area contributed by atoms with E-state index in [2.05, 4.69) is 5.32 Å². The normalized spacial score (nSPS) is 21.4. The summed E-state index contributed by atoms with van der Waals surface area (Å²) in [6.07, 6.45) is 1.52. The summed E-state index contributed by atoms with van der Waals surface area (Å²) in [6, 6.07) is 3.28. The van der Waals surface area contributed by atoms with Crippen molar-refractivity contribution >= 4 is 23.3 Å². The minimum Gasteiger partial charge on any atom is -0.495 e. The molecule has 1 aromatic carbocycles. The Bertz CT molecular complexity index is 492. The molecule has 0 bridgehead atoms. The van der Waals surface area contributed by atoms with Crippen molar-refractivity contribution in [1.29, 1.82) is 0 Å². The first-order valence-electron chi connectivity index (χ1n) is 5.97. The Morgan fingerprint density at radius 2 is 2.00 bits per heavy atom. The molecule has 0 radical (unpaired) electrons. The molecule has 0 amide bonds. The average molecular weight is 286 g/mol. The number of ether oxygens (including phenoxy) is 2. The van der Waals surface area contributed by atoms with Crippen LogP contribution in [0.5, 0.6) is 11.5 Å². The monoisotopic (exact) mass is 285 g/mol. The number of carboxylic acids is 1. The van der Waals surface area contributed by atoms with Gasteiger partial charge in [-0.3, -0.25) is 4.79 Å². The van der Waals surface area contributed by atoms with E-state index in [1.807, 2.05) is 0 Å². The van der Waals surface area contributed by atoms with Crippen molar-refractivity contribution in [2.75, 3.05) is 19.5 Å². The van der Waals surface area contributed by atoms with Crippen molar-refractivity contribution in [2.24, 2.45) is 5.92 Å². The molecule has 2 N–H and O–H groups in total. The Kier molecular flexibility index (Phi) is 4.04. The van der Waals surface area contributed by atoms with Crippen molar-refractivity contribution in [1.82, 2.24) is 0 Å². The van der Waals surface area contributed by atoms with Crippen molar-refractivity contribution in [3.05, 3.63) is 17.2 Å². The van der Waals surface area contributed by atoms with E-state index in [9.17, 15) is 4.79 Å². The van der Waals surface area contributed by atoms with Crippen LogP contribution in [0.2, 0.25) is 5.02 Å². The van der Waals surface area contributed by atoms with Crippen LogP contribution in [-0.2, 0) is 4.79 Å². The second-order valence-corrected chi connectivity index (χ2v) is 4.87. The summed E-state index contributed by atoms with van der Waals surface area (Å²) in [5.41, 5.74) is 0.694. The number of hydrogen-bond acceptors (Lipinski definition) is 4. The van der Waals surface area contributed by atoms with Crippen LogP contribution in [0.25, 0.3) is 0 Å². The van der Waals surface area contributed by atoms with E-state index in [4.69, 9.17) is 26.2 Å². The number of benzene rings is 1. The van der Waals surface area contributed by atoms with Gasteiger partial charge in [0.1, 0.15) is 11.5 Å². The molecule has 5 nitrogen and oxygen atoms in total. The maximum absolute atomic E-state index is 11.0. The molecule has 1 aliphatic rings. The van der Waals surface area contributed by atoms with E-state index in [-0.39, 0.29) is 12.0 Å². The summed E-state index contributed by atoms with van der Waals surface area (Å²) < 4.78 is 10.4. The van der Waals surface area contributed by atoms with E-state index in [0.717, 1.165) is 6.42 Å². The fraction of sp³-hybridized carbons (Fsp3) is 0.462. The standard InChI is InChI=1S/C13H16ClNO4/c1-18-11-6-10(12(19-2)5-8(11)14)15-9-4-3-7(9)13(16)17/h5-7,9,15H,3-4H2,1-2H3,(H,16,17). The quantitative estimate of drug-likeness (QED) is 0.870. The minimum atomic E-state index is -0.774. The second kappa shape index (κ2) is 5.57. The molecule has 1 aliphatic carbocycles. The first kappa shape index (κ1) is 13.8. The smallest absolute Gasteiger partial charge is 0.308 e. The van der Waals surface area contributed by atoms with Crippen LogP contribution in [0, 0.1) is 5.92 Å². The lowest BCUT2D eigenvalue weighted by molar-refractivity contribution is -0.144. The van der Waals surface area contributed by atoms with E-state index >= 15 is 0 Å². The largest absolute Gasteiger partial charge is 0.495 e. The zero-order chi connectivity index (χ0) is 14.0. The van der Waals surface area contributed by atoms with Crippen LogP contribution in [0.15, 0.2) is 12.1 Å². The fourth-order valence-electron chi connectivity index (χ4n) is 2.14. The van der Waals surface area contributed by atoms with Gasteiger partial charge in [0, 0.05) is 18.2 Å². The molecule has 2 atom stereocenters. The van der Waals surface area contributed by atoms with Gasteiger partial charge in [-0.1, -0.05) is 11.6 Å². The van der Waals surface area contributed by atoms with Gasteiger partial charge in [0.25, 0.3) is 0 Å². The molecule has 2 rings (SSSR count). The van der Waals surface area contributed by atoms with Gasteiger partial charge in [0.2, 0.25) is 0 Å². The number of nitrogens with one attached hydrogen (secondary N) is 1. The van der Waals surface area contributed by atoms with Crippen molar-refractivity contribution in [2.45, 2.75) is 18.9 Å². The lowest BCUT2D eigenvalue weighted by atomic mass is 9.79. The number of methoxy groups -OCH3 is 2. The highest BCUT2D eigenvalue weighted by Gasteiger charge is 2.37. The highest BCUT2D eigenvalue weighted by molar-refractivity contribution is 6.32. The van der Waals surface area contributed by atoms with Crippen LogP contribution in [-0.4, -0.2) is 31.3 Å². The van der Waals surface area contributed by atoms with Gasteiger partial charge in [-0.25, -0.2) is 0 Å². The summed E-state index contributed by atoms with van der Waals surface area (Å²) in [5.74, 6) is -0.0342. The minimum absolute atomic E-state index is 0.0859. The van der Waals surface area contributed by atoms with E-state index < -0.39 is 5.97 Å². The number of aliphatic carboxylic acids is 1. The number of hydrogen-bond donors (Lipinski definition) is 2. The molecule has 0 aliphatic heterocycles. The molecule has 1 aromatic rings. The molecule has 6 heteroatoms. The Morgan fingerprint density at radius 3 is 2.47 bits per heavy atom. The first-order chi connectivity index (χ1) is 9.06. The second-order valence-electron chi connectivity index (χ2n) is 4.46. The Morgan fingerprint density at radius 1 is 1.32 bits per heavy atom. The van der Waals surface area contributed by atoms with Crippen LogP contribution >= 0.6 is 11.6 Å². The number of rotatable bonds is 5. The lowest BCUT2D eigenvalue weighted by Gasteiger charge is -2.35. The molecule has 0 heterocycles. The third kappa shape index (κ3) is 2.71. The summed E-state index contributed by atoms with van der Waals surface area (Å²) in [4.78, 5) is 11.0. The predicted molar refractivity (Wildman–Crippen MR) is 72.3 cm³/mol. The van der Waals surface area contributed by atoms with Crippen LogP contribution in [0.4, 0.5) is 5.69 Å². The van der Waals surface area contributed by atoms with Gasteiger partial charge in [-0.2, -0.15) is 0 Å². The maximum Gasteiger partial charge on any atom is 0.308 e. The average Bonchev–Trinajstić information content (AvgIpc) is 2.34. The zero-order valence-electron chi connectivity index (χ0n) is 10.8. The van der Waals surface area contributed by atoms with Gasteiger partial charge < -0.3 is 19.9 Å². The van der Waals surface area contributed by atoms with Crippen molar-refractivity contribution in [3.63, 3.8) is 0 Å². The molecular weight excluding hydrogens is 270 g/mol. The van der Waals surface area contributed by atoms with Crippen LogP contribution in [0.1, 0.15) is 12.8 Å². The molecule has 1 fully saturated rings. The Hall–Kier alpha value is -1.62. The predicted octanol–water partition coefficient (Wildman–Crippen LogP) is 2.63. The van der Waals surface area contributed by atoms with Gasteiger partial charge in [0.15, 0.2) is 0 Å². The Balaban J connectivity index is 2.21. The van der Waals surface area contributed by atoms with Gasteiger partial charge in [-0.05, 0) is 12.8 Å². The van der Waals surface area contributed by atoms with E-state index in [1.54, 1.807) is 19.2 Å². The SMILES string of the molecule is COc1cc(NC2CCC2C(=O)O)c(OC)cc1Cl. The summed E-state index contributed by atoms with van der Waals surface area (Å²) in [6.45, 7) is 0. The van der Waals surface area contributed by atoms with Gasteiger partial charge >= 0.3 is 5.97 Å². The highest BCUT2D eigenvalue weighted by atomic mass is 35.5. The van der Waals surface area contributed by atoms with E-state index in [1.165, 1.54) is 7.11 Å². The van der Waals surface area contributed by atoms with Crippen LogP contribution in [0.3, 0.4) is 0 Å². The number of carboxylic acid groups (broad SMARTS) is 1. The Labute approximate surface area is 116 Å². The van der Waals surface area contributed by atoms with Crippen molar-refractivity contribution < 1.29 is 19.4 Å². The molecule has 2 unspecified atom stereocenters. The molecule has 104 valence electrons. The summed E-state index contributed by atoms with van der Waals surface area (Å²) >= 11 is 6.02. The summed E-state index contributed by atoms with van der Waals surface area (Å²) in [5, 5.41) is 12.7. The molecule has 0 saturated heterocycles. The molecule has 1 saturated carbocycles. The molecule has 0 spiro atoms. The number of halogens is 1. The number of anilines is 1. The van der Waals surface area contributed by atoms with Crippen LogP contribution < -0.4 is 14.8 Å². The topological polar surface area (TPSA) is 67.8 Å².